The first-order valence-electron chi connectivity index (χ1n) is 6.94. The summed E-state index contributed by atoms with van der Waals surface area (Å²) in [4.78, 5) is 8.08. The van der Waals surface area contributed by atoms with Crippen LogP contribution in [0, 0.1) is 5.92 Å². The maximum atomic E-state index is 5.97. The Kier molecular flexibility index (Phi) is 4.17. The molecule has 110 valence electrons. The molecule has 0 bridgehead atoms. The Bertz CT molecular complexity index is 606. The van der Waals surface area contributed by atoms with Gasteiger partial charge in [0.05, 0.1) is 6.04 Å². The zero-order valence-electron chi connectivity index (χ0n) is 11.4. The number of anilines is 2. The molecule has 1 saturated carbocycles. The average molecular weight is 323 g/mol. The van der Waals surface area contributed by atoms with E-state index in [-0.39, 0.29) is 12.0 Å². The first-order valence-corrected chi connectivity index (χ1v) is 7.69. The van der Waals surface area contributed by atoms with Crippen LogP contribution in [0.2, 0.25) is 10.2 Å². The molecule has 1 heterocycles. The fourth-order valence-corrected chi connectivity index (χ4v) is 2.90. The van der Waals surface area contributed by atoms with E-state index in [9.17, 15) is 0 Å². The molecule has 0 unspecified atom stereocenters. The lowest BCUT2D eigenvalue weighted by Gasteiger charge is -2.35. The normalized spacial score (nSPS) is 16.3. The van der Waals surface area contributed by atoms with Crippen molar-refractivity contribution in [2.75, 3.05) is 11.1 Å². The molecule has 0 spiro atoms. The van der Waals surface area contributed by atoms with E-state index in [0.717, 1.165) is 5.02 Å². The van der Waals surface area contributed by atoms with Gasteiger partial charge in [0.1, 0.15) is 11.0 Å². The van der Waals surface area contributed by atoms with Crippen LogP contribution in [0.3, 0.4) is 0 Å². The summed E-state index contributed by atoms with van der Waals surface area (Å²) >= 11 is 11.9. The van der Waals surface area contributed by atoms with E-state index in [2.05, 4.69) is 15.3 Å². The van der Waals surface area contributed by atoms with Crippen molar-refractivity contribution < 1.29 is 0 Å². The first kappa shape index (κ1) is 14.4. The van der Waals surface area contributed by atoms with Crippen LogP contribution in [-0.2, 0) is 0 Å². The summed E-state index contributed by atoms with van der Waals surface area (Å²) in [7, 11) is 0. The second-order valence-electron chi connectivity index (χ2n) is 5.30. The molecular weight excluding hydrogens is 307 g/mol. The Hall–Kier alpha value is -1.52. The molecule has 21 heavy (non-hydrogen) atoms. The van der Waals surface area contributed by atoms with Gasteiger partial charge in [-0.25, -0.2) is 4.98 Å². The molecule has 1 aromatic heterocycles. The highest BCUT2D eigenvalue weighted by Crippen LogP contribution is 2.39. The van der Waals surface area contributed by atoms with Gasteiger partial charge in [-0.05, 0) is 36.5 Å². The lowest BCUT2D eigenvalue weighted by atomic mass is 9.77. The summed E-state index contributed by atoms with van der Waals surface area (Å²) in [5.74, 6) is 1.41. The zero-order valence-corrected chi connectivity index (χ0v) is 12.9. The number of hydrogen-bond acceptors (Lipinski definition) is 4. The van der Waals surface area contributed by atoms with Crippen LogP contribution in [0.5, 0.6) is 0 Å². The highest BCUT2D eigenvalue weighted by atomic mass is 35.5. The molecule has 0 saturated heterocycles. The summed E-state index contributed by atoms with van der Waals surface area (Å²) < 4.78 is 0. The van der Waals surface area contributed by atoms with E-state index in [1.165, 1.54) is 24.8 Å². The van der Waals surface area contributed by atoms with Crippen molar-refractivity contribution in [3.05, 3.63) is 46.1 Å². The molecule has 1 fully saturated rings. The van der Waals surface area contributed by atoms with Crippen LogP contribution in [0.4, 0.5) is 11.8 Å². The van der Waals surface area contributed by atoms with Gasteiger partial charge in [-0.2, -0.15) is 4.98 Å². The van der Waals surface area contributed by atoms with E-state index in [0.29, 0.717) is 16.9 Å². The lowest BCUT2D eigenvalue weighted by molar-refractivity contribution is 0.277. The van der Waals surface area contributed by atoms with Crippen LogP contribution in [-0.4, -0.2) is 9.97 Å². The number of rotatable bonds is 4. The van der Waals surface area contributed by atoms with Crippen molar-refractivity contribution in [2.24, 2.45) is 5.92 Å². The van der Waals surface area contributed by atoms with E-state index in [1.54, 1.807) is 6.07 Å². The summed E-state index contributed by atoms with van der Waals surface area (Å²) in [6, 6.07) is 9.78. The molecule has 0 aliphatic heterocycles. The number of nitrogens with two attached hydrogens (primary N) is 1. The molecule has 3 rings (SSSR count). The number of aromatic nitrogens is 2. The highest BCUT2D eigenvalue weighted by Gasteiger charge is 2.28. The standard InChI is InChI=1S/C15H16Cl2N4/c16-11-6-4-10(5-7-11)14(9-2-1-3-9)20-13-8-12(17)19-15(18)21-13/h4-9,14H,1-3H2,(H3,18,19,20,21)/t14-/m0/s1. The Morgan fingerprint density at radius 1 is 1.14 bits per heavy atom. The zero-order chi connectivity index (χ0) is 14.8. The van der Waals surface area contributed by atoms with Gasteiger partial charge in [-0.15, -0.1) is 0 Å². The second-order valence-corrected chi connectivity index (χ2v) is 6.12. The smallest absolute Gasteiger partial charge is 0.223 e. The molecule has 1 aliphatic carbocycles. The number of benzene rings is 1. The molecule has 6 heteroatoms. The molecule has 0 radical (unpaired) electrons. The largest absolute Gasteiger partial charge is 0.368 e. The molecule has 1 aromatic carbocycles. The average Bonchev–Trinajstić information content (AvgIpc) is 2.35. The third-order valence-electron chi connectivity index (χ3n) is 3.87. The van der Waals surface area contributed by atoms with Crippen molar-refractivity contribution in [1.29, 1.82) is 0 Å². The van der Waals surface area contributed by atoms with Crippen LogP contribution < -0.4 is 11.1 Å². The number of nitrogens with zero attached hydrogens (tertiary/aromatic N) is 2. The van der Waals surface area contributed by atoms with Crippen molar-refractivity contribution in [2.45, 2.75) is 25.3 Å². The first-order chi connectivity index (χ1) is 10.1. The van der Waals surface area contributed by atoms with Crippen molar-refractivity contribution in [1.82, 2.24) is 9.97 Å². The molecule has 3 N–H and O–H groups in total. The third-order valence-corrected chi connectivity index (χ3v) is 4.31. The predicted molar refractivity (Wildman–Crippen MR) is 86.6 cm³/mol. The number of hydrogen-bond donors (Lipinski definition) is 2. The van der Waals surface area contributed by atoms with Crippen LogP contribution >= 0.6 is 23.2 Å². The molecule has 1 aliphatic rings. The van der Waals surface area contributed by atoms with Crippen molar-refractivity contribution in [3.63, 3.8) is 0 Å². The van der Waals surface area contributed by atoms with Crippen LogP contribution in [0.1, 0.15) is 30.9 Å². The SMILES string of the molecule is Nc1nc(Cl)cc(N[C@H](c2ccc(Cl)cc2)C2CCC2)n1. The Morgan fingerprint density at radius 2 is 1.86 bits per heavy atom. The minimum absolute atomic E-state index is 0.175. The van der Waals surface area contributed by atoms with Gasteiger partial charge in [-0.1, -0.05) is 41.8 Å². The minimum atomic E-state index is 0.175. The number of halogens is 2. The van der Waals surface area contributed by atoms with Gasteiger partial charge in [-0.3, -0.25) is 0 Å². The van der Waals surface area contributed by atoms with Crippen LogP contribution in [0.25, 0.3) is 0 Å². The lowest BCUT2D eigenvalue weighted by Crippen LogP contribution is -2.26. The van der Waals surface area contributed by atoms with Gasteiger partial charge in [0, 0.05) is 11.1 Å². The second kappa shape index (κ2) is 6.08. The summed E-state index contributed by atoms with van der Waals surface area (Å²) in [6.45, 7) is 0. The third kappa shape index (κ3) is 3.39. The molecule has 0 amide bonds. The number of nitrogens with one attached hydrogen (secondary N) is 1. The summed E-state index contributed by atoms with van der Waals surface area (Å²) in [5, 5.41) is 4.52. The fourth-order valence-electron chi connectivity index (χ4n) is 2.59. The molecular formula is C15H16Cl2N4. The highest BCUT2D eigenvalue weighted by molar-refractivity contribution is 6.30. The van der Waals surface area contributed by atoms with Gasteiger partial charge in [0.25, 0.3) is 0 Å². The molecule has 1 atom stereocenters. The molecule has 4 nitrogen and oxygen atoms in total. The van der Waals surface area contributed by atoms with Gasteiger partial charge < -0.3 is 11.1 Å². The van der Waals surface area contributed by atoms with Crippen molar-refractivity contribution in [3.8, 4) is 0 Å². The van der Waals surface area contributed by atoms with Crippen molar-refractivity contribution >= 4 is 35.0 Å². The maximum Gasteiger partial charge on any atom is 0.223 e. The maximum absolute atomic E-state index is 5.97. The monoisotopic (exact) mass is 322 g/mol. The Labute approximate surface area is 133 Å². The Morgan fingerprint density at radius 3 is 2.43 bits per heavy atom. The predicted octanol–water partition coefficient (Wildman–Crippen LogP) is 4.32. The van der Waals surface area contributed by atoms with E-state index in [1.807, 2.05) is 24.3 Å². The van der Waals surface area contributed by atoms with Gasteiger partial charge >= 0.3 is 0 Å². The van der Waals surface area contributed by atoms with Crippen LogP contribution in [0.15, 0.2) is 30.3 Å². The van der Waals surface area contributed by atoms with Gasteiger partial charge in [0.2, 0.25) is 5.95 Å². The molecule has 2 aromatic rings. The quantitative estimate of drug-likeness (QED) is 0.823. The Balaban J connectivity index is 1.87. The van der Waals surface area contributed by atoms with Gasteiger partial charge in [0.15, 0.2) is 0 Å². The summed E-state index contributed by atoms with van der Waals surface area (Å²) in [6.07, 6.45) is 3.67. The van der Waals surface area contributed by atoms with E-state index < -0.39 is 0 Å². The topological polar surface area (TPSA) is 63.8 Å². The number of nitrogen functional groups attached to an aromatic ring is 1. The summed E-state index contributed by atoms with van der Waals surface area (Å²) in [5.41, 5.74) is 6.84. The van der Waals surface area contributed by atoms with E-state index in [4.69, 9.17) is 28.9 Å². The minimum Gasteiger partial charge on any atom is -0.368 e. The fraction of sp³-hybridized carbons (Fsp3) is 0.333. The van der Waals surface area contributed by atoms with E-state index >= 15 is 0 Å².